The third-order valence-corrected chi connectivity index (χ3v) is 2.11. The van der Waals surface area contributed by atoms with E-state index in [2.05, 4.69) is 30.8 Å². The van der Waals surface area contributed by atoms with Crippen LogP contribution in [-0.2, 0) is 4.57 Å². The van der Waals surface area contributed by atoms with Crippen molar-refractivity contribution in [1.29, 1.82) is 0 Å². The van der Waals surface area contributed by atoms with Gasteiger partial charge in [-0.15, -0.1) is 0 Å². The molecule has 0 amide bonds. The zero-order chi connectivity index (χ0) is 10.7. The maximum atomic E-state index is 11.5. The van der Waals surface area contributed by atoms with Crippen LogP contribution >= 0.6 is 7.75 Å². The first-order valence-corrected chi connectivity index (χ1v) is 5.28. The molecule has 0 atom stereocenters. The molecule has 2 aromatic rings. The molecule has 0 aromatic carbocycles. The van der Waals surface area contributed by atoms with Gasteiger partial charge < -0.3 is 9.05 Å². The van der Waals surface area contributed by atoms with Crippen LogP contribution in [0.2, 0.25) is 0 Å². The van der Waals surface area contributed by atoms with E-state index in [-0.39, 0.29) is 11.8 Å². The molecular formula is C4H6N7O3P. The fourth-order valence-electron chi connectivity index (χ4n) is 0.751. The van der Waals surface area contributed by atoms with Crippen molar-refractivity contribution in [2.75, 3.05) is 0 Å². The maximum Gasteiger partial charge on any atom is 0.512 e. The van der Waals surface area contributed by atoms with Crippen LogP contribution in [0.15, 0.2) is 12.4 Å². The number of H-pyrrole nitrogens is 2. The van der Waals surface area contributed by atoms with Crippen molar-refractivity contribution < 1.29 is 13.6 Å². The molecule has 0 aliphatic heterocycles. The van der Waals surface area contributed by atoms with E-state index in [1.807, 2.05) is 0 Å². The Kier molecular flexibility index (Phi) is 2.35. The summed E-state index contributed by atoms with van der Waals surface area (Å²) in [5.74, 6) is -0.0753. The second-order valence-corrected chi connectivity index (χ2v) is 3.79. The number of hydrogen-bond acceptors (Lipinski definition) is 7. The van der Waals surface area contributed by atoms with Crippen LogP contribution in [-0.4, -0.2) is 30.8 Å². The van der Waals surface area contributed by atoms with Crippen LogP contribution in [0, 0.1) is 0 Å². The smallest absolute Gasteiger partial charge is 0.383 e. The molecule has 0 aliphatic rings. The highest BCUT2D eigenvalue weighted by Crippen LogP contribution is 2.38. The number of rotatable bonds is 4. The van der Waals surface area contributed by atoms with Gasteiger partial charge in [0.2, 0.25) is 0 Å². The van der Waals surface area contributed by atoms with Crippen LogP contribution in [0.3, 0.4) is 0 Å². The Bertz CT molecular complexity index is 412. The van der Waals surface area contributed by atoms with Gasteiger partial charge in [-0.3, -0.25) is 10.2 Å². The Morgan fingerprint density at radius 2 is 1.60 bits per heavy atom. The molecule has 0 spiro atoms. The van der Waals surface area contributed by atoms with Gasteiger partial charge in [-0.25, -0.2) is 10.1 Å². The van der Waals surface area contributed by atoms with E-state index in [1.54, 1.807) is 0 Å². The van der Waals surface area contributed by atoms with Crippen molar-refractivity contribution in [3.05, 3.63) is 12.4 Å². The van der Waals surface area contributed by atoms with Gasteiger partial charge in [-0.2, -0.15) is 0 Å². The fraction of sp³-hybridized carbons (Fsp3) is 0. The quantitative estimate of drug-likeness (QED) is 0.594. The number of hydrogen-bond donors (Lipinski definition) is 3. The highest BCUT2D eigenvalue weighted by atomic mass is 31.2. The molecule has 4 N–H and O–H groups in total. The molecule has 0 saturated carbocycles. The Morgan fingerprint density at radius 3 is 1.93 bits per heavy atom. The average molecular weight is 231 g/mol. The Hall–Kier alpha value is -1.93. The Morgan fingerprint density at radius 1 is 1.13 bits per heavy atom. The molecule has 80 valence electrons. The summed E-state index contributed by atoms with van der Waals surface area (Å²) in [4.78, 5) is 0. The first-order chi connectivity index (χ1) is 7.16. The number of nitrogens with zero attached hydrogens (tertiary/aromatic N) is 4. The fourth-order valence-corrected chi connectivity index (χ4v) is 1.49. The molecule has 0 bridgehead atoms. The normalized spacial score (nSPS) is 11.3. The number of nitrogens with two attached hydrogens (primary N) is 1. The lowest BCUT2D eigenvalue weighted by atomic mass is 10.9. The van der Waals surface area contributed by atoms with Crippen molar-refractivity contribution in [3.63, 3.8) is 0 Å². The minimum atomic E-state index is -3.81. The molecule has 2 heterocycles. The molecule has 11 heteroatoms. The van der Waals surface area contributed by atoms with Crippen LogP contribution in [0.25, 0.3) is 0 Å². The molecule has 0 aliphatic carbocycles. The number of aromatic amines is 2. The summed E-state index contributed by atoms with van der Waals surface area (Å²) in [7, 11) is -3.81. The summed E-state index contributed by atoms with van der Waals surface area (Å²) in [6.45, 7) is 0. The zero-order valence-electron chi connectivity index (χ0n) is 7.19. The van der Waals surface area contributed by atoms with Crippen molar-refractivity contribution in [1.82, 2.24) is 30.8 Å². The lowest BCUT2D eigenvalue weighted by Gasteiger charge is -2.10. The molecule has 10 nitrogen and oxygen atoms in total. The highest BCUT2D eigenvalue weighted by molar-refractivity contribution is 7.52. The molecule has 0 unspecified atom stereocenters. The largest absolute Gasteiger partial charge is 0.512 e. The van der Waals surface area contributed by atoms with Gasteiger partial charge in [0.1, 0.15) is 0 Å². The first kappa shape index (κ1) is 9.62. The van der Waals surface area contributed by atoms with Crippen LogP contribution in [0.5, 0.6) is 11.8 Å². The molecule has 0 radical (unpaired) electrons. The van der Waals surface area contributed by atoms with Crippen LogP contribution in [0.1, 0.15) is 0 Å². The van der Waals surface area contributed by atoms with Gasteiger partial charge in [0.05, 0.1) is 12.4 Å². The summed E-state index contributed by atoms with van der Waals surface area (Å²) < 4.78 is 21.0. The first-order valence-electron chi connectivity index (χ1n) is 3.66. The monoisotopic (exact) mass is 231 g/mol. The van der Waals surface area contributed by atoms with Crippen LogP contribution < -0.4 is 14.6 Å². The molecule has 2 rings (SSSR count). The predicted octanol–water partition coefficient (Wildman–Crippen LogP) is -0.553. The Labute approximate surface area is 82.7 Å². The summed E-state index contributed by atoms with van der Waals surface area (Å²) >= 11 is 0. The maximum absolute atomic E-state index is 11.5. The van der Waals surface area contributed by atoms with E-state index < -0.39 is 7.75 Å². The number of nitrogens with one attached hydrogen (secondary N) is 2. The van der Waals surface area contributed by atoms with E-state index in [0.717, 1.165) is 0 Å². The predicted molar refractivity (Wildman–Crippen MR) is 45.8 cm³/mol. The minimum absolute atomic E-state index is 0.0377. The van der Waals surface area contributed by atoms with Crippen molar-refractivity contribution in [3.8, 4) is 11.8 Å². The molecule has 2 aromatic heterocycles. The minimum Gasteiger partial charge on any atom is -0.383 e. The van der Waals surface area contributed by atoms with E-state index >= 15 is 0 Å². The van der Waals surface area contributed by atoms with Crippen LogP contribution in [0.4, 0.5) is 0 Å². The molecule has 15 heavy (non-hydrogen) atoms. The van der Waals surface area contributed by atoms with Gasteiger partial charge in [-0.05, 0) is 0 Å². The Balaban J connectivity index is 2.04. The SMILES string of the molecule is NP(=O)(Oc1c[nH]nn1)Oc1c[nH]nn1. The van der Waals surface area contributed by atoms with Crippen molar-refractivity contribution in [2.24, 2.45) is 5.50 Å². The standard InChI is InChI=1S/C4H6N7O3P/c5-15(12,13-3-1-6-10-8-3)14-4-2-7-11-9-4/h1-2H,(H2,5,12)(H,6,8,10)(H,7,9,11). The molecule has 0 fully saturated rings. The van der Waals surface area contributed by atoms with Gasteiger partial charge in [0, 0.05) is 0 Å². The second-order valence-electron chi connectivity index (χ2n) is 2.35. The van der Waals surface area contributed by atoms with Gasteiger partial charge in [-0.1, -0.05) is 20.6 Å². The highest BCUT2D eigenvalue weighted by Gasteiger charge is 2.24. The van der Waals surface area contributed by atoms with Crippen molar-refractivity contribution in [2.45, 2.75) is 0 Å². The summed E-state index contributed by atoms with van der Waals surface area (Å²) in [5, 5.41) is 18.2. The summed E-state index contributed by atoms with van der Waals surface area (Å²) in [6.07, 6.45) is 2.54. The van der Waals surface area contributed by atoms with E-state index in [0.29, 0.717) is 0 Å². The van der Waals surface area contributed by atoms with Crippen molar-refractivity contribution >= 4 is 7.75 Å². The van der Waals surface area contributed by atoms with Gasteiger partial charge in [0.25, 0.3) is 11.8 Å². The second kappa shape index (κ2) is 3.67. The number of aromatic nitrogens is 6. The third-order valence-electron chi connectivity index (χ3n) is 1.23. The lowest BCUT2D eigenvalue weighted by Crippen LogP contribution is -2.09. The average Bonchev–Trinajstić information content (AvgIpc) is 2.75. The summed E-state index contributed by atoms with van der Waals surface area (Å²) in [6, 6.07) is 0. The third kappa shape index (κ3) is 2.51. The van der Waals surface area contributed by atoms with E-state index in [9.17, 15) is 4.57 Å². The molecular weight excluding hydrogens is 225 g/mol. The zero-order valence-corrected chi connectivity index (χ0v) is 8.09. The lowest BCUT2D eigenvalue weighted by molar-refractivity contribution is 0.375. The molecule has 0 saturated heterocycles. The van der Waals surface area contributed by atoms with E-state index in [1.165, 1.54) is 12.4 Å². The van der Waals surface area contributed by atoms with E-state index in [4.69, 9.17) is 14.6 Å². The van der Waals surface area contributed by atoms with Gasteiger partial charge in [0.15, 0.2) is 0 Å². The summed E-state index contributed by atoms with van der Waals surface area (Å²) in [5.41, 5.74) is 5.25. The topological polar surface area (TPSA) is 145 Å². The van der Waals surface area contributed by atoms with Gasteiger partial charge >= 0.3 is 7.75 Å².